The molecule has 0 spiro atoms. The molecule has 5 heteroatoms. The summed E-state index contributed by atoms with van der Waals surface area (Å²) in [5.41, 5.74) is 3.01. The minimum absolute atomic E-state index is 0. The zero-order valence-corrected chi connectivity index (χ0v) is 13.7. The number of halogens is 1. The number of methoxy groups -OCH3 is 1. The van der Waals surface area contributed by atoms with Gasteiger partial charge in [0.2, 0.25) is 0 Å². The average molecular weight is 331 g/mol. The SMILES string of the molecule is COC(=O)CCCNc1c2ccccc2nc2ccccc12.Cl. The maximum Gasteiger partial charge on any atom is 0.305 e. The number of carbonyl (C=O) groups is 1. The molecule has 4 nitrogen and oxygen atoms in total. The van der Waals surface area contributed by atoms with Gasteiger partial charge in [-0.05, 0) is 18.6 Å². The van der Waals surface area contributed by atoms with Crippen LogP contribution >= 0.6 is 12.4 Å². The highest BCUT2D eigenvalue weighted by Crippen LogP contribution is 2.30. The van der Waals surface area contributed by atoms with Crippen LogP contribution < -0.4 is 5.32 Å². The molecule has 3 rings (SSSR count). The van der Waals surface area contributed by atoms with Gasteiger partial charge < -0.3 is 10.1 Å². The number of pyridine rings is 1. The second kappa shape index (κ2) is 7.79. The lowest BCUT2D eigenvalue weighted by atomic mass is 10.1. The Balaban J connectivity index is 0.00000192. The standard InChI is InChI=1S/C18H18N2O2.ClH/c1-22-17(21)11-6-12-19-18-13-7-2-4-9-15(13)20-16-10-5-3-8-14(16)18;/h2-5,7-10H,6,11-12H2,1H3,(H,19,20);1H. The molecule has 0 atom stereocenters. The summed E-state index contributed by atoms with van der Waals surface area (Å²) in [7, 11) is 1.42. The molecule has 0 amide bonds. The smallest absolute Gasteiger partial charge is 0.305 e. The highest BCUT2D eigenvalue weighted by Gasteiger charge is 2.08. The van der Waals surface area contributed by atoms with Gasteiger partial charge in [-0.2, -0.15) is 0 Å². The van der Waals surface area contributed by atoms with Crippen LogP contribution in [0, 0.1) is 0 Å². The summed E-state index contributed by atoms with van der Waals surface area (Å²) in [4.78, 5) is 15.9. The molecule has 1 aromatic heterocycles. The van der Waals surface area contributed by atoms with Gasteiger partial charge >= 0.3 is 5.97 Å². The van der Waals surface area contributed by atoms with Crippen LogP contribution in [0.2, 0.25) is 0 Å². The van der Waals surface area contributed by atoms with E-state index in [-0.39, 0.29) is 18.4 Å². The molecular weight excluding hydrogens is 312 g/mol. The fourth-order valence-corrected chi connectivity index (χ4v) is 2.58. The van der Waals surface area contributed by atoms with Crippen LogP contribution in [0.3, 0.4) is 0 Å². The van der Waals surface area contributed by atoms with Crippen molar-refractivity contribution in [3.63, 3.8) is 0 Å². The average Bonchev–Trinajstić information content (AvgIpc) is 2.57. The highest BCUT2D eigenvalue weighted by atomic mass is 35.5. The van der Waals surface area contributed by atoms with Gasteiger partial charge in [-0.3, -0.25) is 4.79 Å². The Kier molecular flexibility index (Phi) is 5.77. The molecule has 0 aliphatic heterocycles. The third-order valence-corrected chi connectivity index (χ3v) is 3.67. The van der Waals surface area contributed by atoms with E-state index in [2.05, 4.69) is 22.2 Å². The van der Waals surface area contributed by atoms with Crippen LogP contribution in [-0.2, 0) is 9.53 Å². The van der Waals surface area contributed by atoms with Gasteiger partial charge in [-0.15, -0.1) is 12.4 Å². The number of fused-ring (bicyclic) bond motifs is 2. The number of anilines is 1. The molecule has 2 aromatic carbocycles. The van der Waals surface area contributed by atoms with E-state index in [0.717, 1.165) is 33.9 Å². The van der Waals surface area contributed by atoms with Gasteiger partial charge in [-0.25, -0.2) is 4.98 Å². The van der Waals surface area contributed by atoms with Crippen molar-refractivity contribution in [1.82, 2.24) is 4.98 Å². The minimum atomic E-state index is -0.175. The Morgan fingerprint density at radius 3 is 2.17 bits per heavy atom. The summed E-state index contributed by atoms with van der Waals surface area (Å²) in [6, 6.07) is 16.2. The monoisotopic (exact) mass is 330 g/mol. The summed E-state index contributed by atoms with van der Waals surface area (Å²) in [5.74, 6) is -0.175. The fourth-order valence-electron chi connectivity index (χ4n) is 2.58. The van der Waals surface area contributed by atoms with E-state index in [0.29, 0.717) is 13.0 Å². The van der Waals surface area contributed by atoms with Gasteiger partial charge in [0.25, 0.3) is 0 Å². The molecule has 0 aliphatic carbocycles. The van der Waals surface area contributed by atoms with Crippen molar-refractivity contribution < 1.29 is 9.53 Å². The van der Waals surface area contributed by atoms with Gasteiger partial charge in [0.05, 0.1) is 23.8 Å². The first-order chi connectivity index (χ1) is 10.8. The lowest BCUT2D eigenvalue weighted by Crippen LogP contribution is -2.07. The number of nitrogens with one attached hydrogen (secondary N) is 1. The molecule has 0 fully saturated rings. The van der Waals surface area contributed by atoms with Crippen LogP contribution in [0.4, 0.5) is 5.69 Å². The van der Waals surface area contributed by atoms with Crippen molar-refractivity contribution in [2.24, 2.45) is 0 Å². The third-order valence-electron chi connectivity index (χ3n) is 3.67. The summed E-state index contributed by atoms with van der Waals surface area (Å²) in [6.07, 6.45) is 1.15. The Bertz CT molecular complexity index is 766. The van der Waals surface area contributed by atoms with E-state index in [4.69, 9.17) is 4.98 Å². The number of esters is 1. The van der Waals surface area contributed by atoms with E-state index >= 15 is 0 Å². The number of rotatable bonds is 5. The number of carbonyl (C=O) groups excluding carboxylic acids is 1. The third kappa shape index (κ3) is 3.71. The molecule has 1 heterocycles. The van der Waals surface area contributed by atoms with Crippen LogP contribution in [-0.4, -0.2) is 24.6 Å². The number of ether oxygens (including phenoxy) is 1. The van der Waals surface area contributed by atoms with Crippen molar-refractivity contribution in [3.8, 4) is 0 Å². The largest absolute Gasteiger partial charge is 0.469 e. The normalized spacial score (nSPS) is 10.3. The summed E-state index contributed by atoms with van der Waals surface area (Å²) >= 11 is 0. The number of nitrogens with zero attached hydrogens (tertiary/aromatic N) is 1. The maximum atomic E-state index is 11.2. The number of hydrogen-bond acceptors (Lipinski definition) is 4. The predicted octanol–water partition coefficient (Wildman–Crippen LogP) is 4.17. The van der Waals surface area contributed by atoms with E-state index in [1.54, 1.807) is 0 Å². The van der Waals surface area contributed by atoms with Crippen molar-refractivity contribution >= 4 is 45.9 Å². The van der Waals surface area contributed by atoms with Gasteiger partial charge in [0.1, 0.15) is 0 Å². The Hall–Kier alpha value is -2.33. The number of hydrogen-bond donors (Lipinski definition) is 1. The van der Waals surface area contributed by atoms with Gasteiger partial charge in [0.15, 0.2) is 0 Å². The Labute approximate surface area is 141 Å². The number of aromatic nitrogens is 1. The molecule has 0 aliphatic rings. The van der Waals surface area contributed by atoms with Crippen LogP contribution in [0.15, 0.2) is 48.5 Å². The molecule has 3 aromatic rings. The first-order valence-electron chi connectivity index (χ1n) is 7.38. The minimum Gasteiger partial charge on any atom is -0.469 e. The molecule has 0 unspecified atom stereocenters. The second-order valence-electron chi connectivity index (χ2n) is 5.13. The Morgan fingerprint density at radius 1 is 1.04 bits per heavy atom. The molecule has 0 saturated carbocycles. The summed E-state index contributed by atoms with van der Waals surface area (Å²) in [6.45, 7) is 0.715. The maximum absolute atomic E-state index is 11.2. The molecular formula is C18H19ClN2O2. The number of para-hydroxylation sites is 2. The van der Waals surface area contributed by atoms with E-state index < -0.39 is 0 Å². The molecule has 0 saturated heterocycles. The molecule has 0 radical (unpaired) electrons. The van der Waals surface area contributed by atoms with Crippen molar-refractivity contribution in [2.45, 2.75) is 12.8 Å². The van der Waals surface area contributed by atoms with Gasteiger partial charge in [0, 0.05) is 23.7 Å². The zero-order valence-electron chi connectivity index (χ0n) is 12.9. The van der Waals surface area contributed by atoms with E-state index in [9.17, 15) is 4.79 Å². The molecule has 23 heavy (non-hydrogen) atoms. The molecule has 120 valence electrons. The second-order valence-corrected chi connectivity index (χ2v) is 5.13. The first-order valence-corrected chi connectivity index (χ1v) is 7.38. The lowest BCUT2D eigenvalue weighted by Gasteiger charge is -2.13. The quantitative estimate of drug-likeness (QED) is 0.433. The van der Waals surface area contributed by atoms with Crippen molar-refractivity contribution in [1.29, 1.82) is 0 Å². The molecule has 1 N–H and O–H groups in total. The summed E-state index contributed by atoms with van der Waals surface area (Å²) < 4.78 is 4.67. The van der Waals surface area contributed by atoms with Crippen LogP contribution in [0.1, 0.15) is 12.8 Å². The first kappa shape index (κ1) is 17.0. The van der Waals surface area contributed by atoms with Gasteiger partial charge in [-0.1, -0.05) is 36.4 Å². The topological polar surface area (TPSA) is 51.2 Å². The Morgan fingerprint density at radius 2 is 1.61 bits per heavy atom. The molecule has 0 bridgehead atoms. The van der Waals surface area contributed by atoms with E-state index in [1.807, 2.05) is 36.4 Å². The zero-order chi connectivity index (χ0) is 15.4. The van der Waals surface area contributed by atoms with Crippen LogP contribution in [0.25, 0.3) is 21.8 Å². The lowest BCUT2D eigenvalue weighted by molar-refractivity contribution is -0.140. The van der Waals surface area contributed by atoms with Crippen LogP contribution in [0.5, 0.6) is 0 Å². The summed E-state index contributed by atoms with van der Waals surface area (Å²) in [5, 5.41) is 5.66. The predicted molar refractivity (Wildman–Crippen MR) is 96.2 cm³/mol. The fraction of sp³-hybridized carbons (Fsp3) is 0.222. The van der Waals surface area contributed by atoms with Crippen molar-refractivity contribution in [2.75, 3.05) is 19.0 Å². The number of benzene rings is 2. The van der Waals surface area contributed by atoms with Crippen molar-refractivity contribution in [3.05, 3.63) is 48.5 Å². The van der Waals surface area contributed by atoms with E-state index in [1.165, 1.54) is 7.11 Å². The highest BCUT2D eigenvalue weighted by molar-refractivity contribution is 6.07.